The molecule has 17 heavy (non-hydrogen) atoms. The van der Waals surface area contributed by atoms with Crippen molar-refractivity contribution >= 4 is 0 Å². The molecule has 0 rings (SSSR count). The molecule has 0 aromatic heterocycles. The Morgan fingerprint density at radius 3 is 1.59 bits per heavy atom. The topological polar surface area (TPSA) is 60.7 Å². The van der Waals surface area contributed by atoms with Crippen LogP contribution in [0.4, 0.5) is 0 Å². The molecule has 0 spiro atoms. The second-order valence-electron chi connectivity index (χ2n) is 5.27. The minimum atomic E-state index is -0.598. The zero-order valence-corrected chi connectivity index (χ0v) is 11.3. The summed E-state index contributed by atoms with van der Waals surface area (Å²) in [5.41, 5.74) is -0.598. The Kier molecular flexibility index (Phi) is 10.9. The molecule has 0 radical (unpaired) electrons. The molecule has 1 unspecified atom stereocenters. The molecule has 0 bridgehead atoms. The molecule has 0 saturated heterocycles. The number of hydrogen-bond acceptors (Lipinski definition) is 3. The van der Waals surface area contributed by atoms with Crippen LogP contribution in [-0.2, 0) is 0 Å². The zero-order chi connectivity index (χ0) is 13.0. The molecule has 0 amide bonds. The van der Waals surface area contributed by atoms with Gasteiger partial charge in [0.1, 0.15) is 0 Å². The highest BCUT2D eigenvalue weighted by atomic mass is 16.3. The van der Waals surface area contributed by atoms with Crippen LogP contribution in [0.2, 0.25) is 0 Å². The van der Waals surface area contributed by atoms with Gasteiger partial charge in [-0.15, -0.1) is 0 Å². The number of unbranched alkanes of at least 4 members (excludes halogenated alkanes) is 6. The molecule has 0 aliphatic heterocycles. The Hall–Kier alpha value is -0.120. The molecule has 104 valence electrons. The highest BCUT2D eigenvalue weighted by Gasteiger charge is 2.18. The lowest BCUT2D eigenvalue weighted by Gasteiger charge is -2.22. The van der Waals surface area contributed by atoms with Gasteiger partial charge in [0.05, 0.1) is 5.60 Å². The molecule has 0 aliphatic rings. The summed E-state index contributed by atoms with van der Waals surface area (Å²) < 4.78 is 0. The quantitative estimate of drug-likeness (QED) is 0.464. The van der Waals surface area contributed by atoms with Crippen LogP contribution in [0.3, 0.4) is 0 Å². The van der Waals surface area contributed by atoms with E-state index in [4.69, 9.17) is 10.2 Å². The Bertz CT molecular complexity index is 158. The maximum absolute atomic E-state index is 9.98. The van der Waals surface area contributed by atoms with Gasteiger partial charge in [-0.25, -0.2) is 0 Å². The first-order valence-corrected chi connectivity index (χ1v) is 7.06. The van der Waals surface area contributed by atoms with Crippen LogP contribution in [-0.4, -0.2) is 34.1 Å². The number of aliphatic hydroxyl groups is 3. The minimum absolute atomic E-state index is 0.168. The second-order valence-corrected chi connectivity index (χ2v) is 5.27. The van der Waals surface area contributed by atoms with Crippen LogP contribution in [0.5, 0.6) is 0 Å². The van der Waals surface area contributed by atoms with Crippen LogP contribution < -0.4 is 0 Å². The van der Waals surface area contributed by atoms with Crippen LogP contribution in [0, 0.1) is 0 Å². The Morgan fingerprint density at radius 1 is 0.647 bits per heavy atom. The van der Waals surface area contributed by atoms with Crippen LogP contribution >= 0.6 is 0 Å². The van der Waals surface area contributed by atoms with E-state index in [0.717, 1.165) is 25.7 Å². The van der Waals surface area contributed by atoms with Crippen molar-refractivity contribution in [1.82, 2.24) is 0 Å². The third kappa shape index (κ3) is 12.1. The lowest BCUT2D eigenvalue weighted by Crippen LogP contribution is -2.24. The second kappa shape index (κ2) is 11.0. The fraction of sp³-hybridized carbons (Fsp3) is 1.00. The molecule has 3 N–H and O–H groups in total. The number of aliphatic hydroxyl groups excluding tert-OH is 2. The average Bonchev–Trinajstić information content (AvgIpc) is 2.30. The van der Waals surface area contributed by atoms with E-state index < -0.39 is 5.60 Å². The molecule has 3 heteroatoms. The first kappa shape index (κ1) is 16.9. The largest absolute Gasteiger partial charge is 0.396 e. The van der Waals surface area contributed by atoms with Crippen molar-refractivity contribution in [3.8, 4) is 0 Å². The number of hydrogen-bond donors (Lipinski definition) is 3. The predicted molar refractivity (Wildman–Crippen MR) is 71.0 cm³/mol. The zero-order valence-electron chi connectivity index (χ0n) is 11.3. The normalized spacial score (nSPS) is 14.8. The third-order valence-electron chi connectivity index (χ3n) is 3.25. The van der Waals surface area contributed by atoms with Gasteiger partial charge in [-0.2, -0.15) is 0 Å². The lowest BCUT2D eigenvalue weighted by molar-refractivity contribution is 0.0326. The Labute approximate surface area is 106 Å². The van der Waals surface area contributed by atoms with Gasteiger partial charge in [-0.1, -0.05) is 38.5 Å². The monoisotopic (exact) mass is 246 g/mol. The van der Waals surface area contributed by atoms with Crippen molar-refractivity contribution in [3.63, 3.8) is 0 Å². The van der Waals surface area contributed by atoms with Gasteiger partial charge < -0.3 is 15.3 Å². The van der Waals surface area contributed by atoms with Crippen molar-refractivity contribution in [2.24, 2.45) is 0 Å². The van der Waals surface area contributed by atoms with Crippen molar-refractivity contribution in [2.75, 3.05) is 13.2 Å². The van der Waals surface area contributed by atoms with Gasteiger partial charge in [-0.3, -0.25) is 0 Å². The van der Waals surface area contributed by atoms with E-state index in [1.807, 2.05) is 6.92 Å². The van der Waals surface area contributed by atoms with Crippen LogP contribution in [0.15, 0.2) is 0 Å². The summed E-state index contributed by atoms with van der Waals surface area (Å²) in [4.78, 5) is 0. The van der Waals surface area contributed by atoms with E-state index in [2.05, 4.69) is 0 Å². The van der Waals surface area contributed by atoms with Gasteiger partial charge in [-0.05, 0) is 32.6 Å². The van der Waals surface area contributed by atoms with E-state index >= 15 is 0 Å². The molecule has 0 saturated carbocycles. The molecule has 0 fully saturated rings. The summed E-state index contributed by atoms with van der Waals surface area (Å²) in [5, 5.41) is 27.3. The SMILES string of the molecule is CC(O)(CCCO)CCCCCCCCCO. The predicted octanol–water partition coefficient (Wildman–Crippen LogP) is 2.62. The van der Waals surface area contributed by atoms with Gasteiger partial charge >= 0.3 is 0 Å². The van der Waals surface area contributed by atoms with Gasteiger partial charge in [0, 0.05) is 13.2 Å². The van der Waals surface area contributed by atoms with Gasteiger partial charge in [0.15, 0.2) is 0 Å². The van der Waals surface area contributed by atoms with Crippen molar-refractivity contribution in [2.45, 2.75) is 76.7 Å². The summed E-state index contributed by atoms with van der Waals surface area (Å²) in [5.74, 6) is 0. The summed E-state index contributed by atoms with van der Waals surface area (Å²) >= 11 is 0. The van der Waals surface area contributed by atoms with E-state index in [0.29, 0.717) is 19.4 Å². The fourth-order valence-electron chi connectivity index (χ4n) is 2.09. The lowest BCUT2D eigenvalue weighted by atomic mass is 9.93. The molecule has 0 aliphatic carbocycles. The van der Waals surface area contributed by atoms with Crippen molar-refractivity contribution in [1.29, 1.82) is 0 Å². The minimum Gasteiger partial charge on any atom is -0.396 e. The third-order valence-corrected chi connectivity index (χ3v) is 3.25. The number of rotatable bonds is 12. The smallest absolute Gasteiger partial charge is 0.0620 e. The highest BCUT2D eigenvalue weighted by molar-refractivity contribution is 4.71. The summed E-state index contributed by atoms with van der Waals surface area (Å²) in [6.07, 6.45) is 10.2. The van der Waals surface area contributed by atoms with Crippen LogP contribution in [0.25, 0.3) is 0 Å². The molecule has 0 heterocycles. The summed E-state index contributed by atoms with van der Waals surface area (Å²) in [6, 6.07) is 0. The summed E-state index contributed by atoms with van der Waals surface area (Å²) in [6.45, 7) is 2.35. The maximum atomic E-state index is 9.98. The van der Waals surface area contributed by atoms with E-state index in [9.17, 15) is 5.11 Å². The molecular weight excluding hydrogens is 216 g/mol. The Morgan fingerprint density at radius 2 is 1.06 bits per heavy atom. The fourth-order valence-corrected chi connectivity index (χ4v) is 2.09. The standard InChI is InChI=1S/C14H30O3/c1-14(17,11-9-13-16)10-7-5-3-2-4-6-8-12-15/h15-17H,2-13H2,1H3. The molecule has 0 aromatic carbocycles. The van der Waals surface area contributed by atoms with E-state index in [1.54, 1.807) is 0 Å². The Balaban J connectivity index is 3.26. The van der Waals surface area contributed by atoms with Crippen molar-refractivity contribution in [3.05, 3.63) is 0 Å². The maximum Gasteiger partial charge on any atom is 0.0620 e. The average molecular weight is 246 g/mol. The van der Waals surface area contributed by atoms with E-state index in [1.165, 1.54) is 25.7 Å². The van der Waals surface area contributed by atoms with Gasteiger partial charge in [0.2, 0.25) is 0 Å². The van der Waals surface area contributed by atoms with Gasteiger partial charge in [0.25, 0.3) is 0 Å². The van der Waals surface area contributed by atoms with E-state index in [-0.39, 0.29) is 6.61 Å². The molecule has 0 aromatic rings. The highest BCUT2D eigenvalue weighted by Crippen LogP contribution is 2.20. The first-order chi connectivity index (χ1) is 8.12. The molecule has 3 nitrogen and oxygen atoms in total. The molecular formula is C14H30O3. The summed E-state index contributed by atoms with van der Waals surface area (Å²) in [7, 11) is 0. The van der Waals surface area contributed by atoms with Crippen molar-refractivity contribution < 1.29 is 15.3 Å². The molecule has 1 atom stereocenters. The van der Waals surface area contributed by atoms with Crippen LogP contribution in [0.1, 0.15) is 71.1 Å². The first-order valence-electron chi connectivity index (χ1n) is 7.06.